The quantitative estimate of drug-likeness (QED) is 0.556. The van der Waals surface area contributed by atoms with Crippen LogP contribution in [0.25, 0.3) is 0 Å². The molecule has 2 aliphatic rings. The standard InChI is InChI=1S/C23H22N4O5/c28-18-11-13-26(14-12-18)22(30)19(24-21(29)16-7-3-1-4-8-16)15-20-23(31)32-25-27(20)17-9-5-2-6-10-17/h1-10,15,18,25,28H,11-14H2/b20-15+,24-19?. The van der Waals surface area contributed by atoms with E-state index in [1.54, 1.807) is 54.6 Å². The van der Waals surface area contributed by atoms with E-state index in [2.05, 4.69) is 10.6 Å². The number of benzene rings is 2. The highest BCUT2D eigenvalue weighted by atomic mass is 16.7. The summed E-state index contributed by atoms with van der Waals surface area (Å²) in [6.45, 7) is 0.652. The molecule has 0 saturated carbocycles. The fourth-order valence-electron chi connectivity index (χ4n) is 3.43. The number of nitrogens with one attached hydrogen (secondary N) is 1. The summed E-state index contributed by atoms with van der Waals surface area (Å²) in [6.07, 6.45) is 1.65. The van der Waals surface area contributed by atoms with E-state index in [1.807, 2.05) is 6.07 Å². The maximum atomic E-state index is 13.2. The molecule has 2 fully saturated rings. The minimum absolute atomic E-state index is 0.0150. The second-order valence-corrected chi connectivity index (χ2v) is 7.37. The van der Waals surface area contributed by atoms with Crippen molar-refractivity contribution in [3.8, 4) is 0 Å². The van der Waals surface area contributed by atoms with Gasteiger partial charge in [-0.05, 0) is 37.1 Å². The Balaban J connectivity index is 1.71. The topological polar surface area (TPSA) is 112 Å². The number of aliphatic hydroxyl groups is 1. The second-order valence-electron chi connectivity index (χ2n) is 7.37. The molecule has 0 aromatic heterocycles. The van der Waals surface area contributed by atoms with Crippen molar-refractivity contribution in [1.82, 2.24) is 10.5 Å². The smallest absolute Gasteiger partial charge is 0.376 e. The zero-order valence-corrected chi connectivity index (χ0v) is 17.2. The van der Waals surface area contributed by atoms with Gasteiger partial charge in [-0.3, -0.25) is 9.59 Å². The molecule has 2 aliphatic heterocycles. The Morgan fingerprint density at radius 2 is 1.66 bits per heavy atom. The van der Waals surface area contributed by atoms with Crippen molar-refractivity contribution < 1.29 is 24.3 Å². The number of likely N-dealkylation sites (tertiary alicyclic amines) is 1. The molecular formula is C23H22N4O5. The first-order valence-corrected chi connectivity index (χ1v) is 10.2. The Kier molecular flexibility index (Phi) is 6.39. The zero-order chi connectivity index (χ0) is 22.5. The van der Waals surface area contributed by atoms with E-state index < -0.39 is 23.9 Å². The fraction of sp³-hybridized carbons (Fsp3) is 0.217. The van der Waals surface area contributed by atoms with Gasteiger partial charge < -0.3 is 14.8 Å². The summed E-state index contributed by atoms with van der Waals surface area (Å²) >= 11 is 0. The molecule has 0 spiro atoms. The number of amides is 2. The summed E-state index contributed by atoms with van der Waals surface area (Å²) in [5.74, 6) is -1.81. The summed E-state index contributed by atoms with van der Waals surface area (Å²) < 4.78 is 0. The molecule has 0 atom stereocenters. The Morgan fingerprint density at radius 1 is 1.03 bits per heavy atom. The average Bonchev–Trinajstić information content (AvgIpc) is 3.19. The lowest BCUT2D eigenvalue weighted by atomic mass is 10.1. The molecule has 2 aromatic carbocycles. The molecule has 2 aromatic rings. The molecule has 0 aliphatic carbocycles. The van der Waals surface area contributed by atoms with E-state index in [-0.39, 0.29) is 11.4 Å². The van der Waals surface area contributed by atoms with Crippen LogP contribution < -0.4 is 10.6 Å². The average molecular weight is 434 g/mol. The van der Waals surface area contributed by atoms with Crippen molar-refractivity contribution in [3.05, 3.63) is 78.0 Å². The number of nitrogens with zero attached hydrogens (tertiary/aromatic N) is 3. The number of hydrogen-bond donors (Lipinski definition) is 2. The molecule has 9 nitrogen and oxygen atoms in total. The molecule has 0 radical (unpaired) electrons. The maximum absolute atomic E-state index is 13.2. The monoisotopic (exact) mass is 434 g/mol. The third-order valence-corrected chi connectivity index (χ3v) is 5.18. The maximum Gasteiger partial charge on any atom is 0.376 e. The van der Waals surface area contributed by atoms with Gasteiger partial charge in [-0.1, -0.05) is 42.0 Å². The van der Waals surface area contributed by atoms with Crippen molar-refractivity contribution in [3.63, 3.8) is 0 Å². The Labute approximate surface area is 184 Å². The van der Waals surface area contributed by atoms with Gasteiger partial charge >= 0.3 is 5.97 Å². The van der Waals surface area contributed by atoms with Gasteiger partial charge in [0.1, 0.15) is 5.71 Å². The molecule has 2 heterocycles. The minimum atomic E-state index is -0.712. The number of aliphatic imine (C=N–C) groups is 1. The zero-order valence-electron chi connectivity index (χ0n) is 17.2. The number of hydrogen-bond acceptors (Lipinski definition) is 7. The van der Waals surface area contributed by atoms with Gasteiger partial charge in [-0.25, -0.2) is 14.8 Å². The Morgan fingerprint density at radius 3 is 2.31 bits per heavy atom. The van der Waals surface area contributed by atoms with Crippen LogP contribution in [0.15, 0.2) is 77.4 Å². The summed E-state index contributed by atoms with van der Waals surface area (Å²) in [5.41, 5.74) is 3.25. The number of piperidine rings is 1. The van der Waals surface area contributed by atoms with E-state index >= 15 is 0 Å². The van der Waals surface area contributed by atoms with Crippen LogP contribution in [0, 0.1) is 0 Å². The third-order valence-electron chi connectivity index (χ3n) is 5.18. The molecule has 32 heavy (non-hydrogen) atoms. The third kappa shape index (κ3) is 4.74. The molecule has 4 rings (SSSR count). The lowest BCUT2D eigenvalue weighted by Gasteiger charge is -2.29. The number of para-hydroxylation sites is 1. The van der Waals surface area contributed by atoms with E-state index in [0.29, 0.717) is 37.2 Å². The van der Waals surface area contributed by atoms with Crippen LogP contribution in [0.5, 0.6) is 0 Å². The summed E-state index contributed by atoms with van der Waals surface area (Å²) in [4.78, 5) is 48.9. The van der Waals surface area contributed by atoms with Gasteiger partial charge in [0, 0.05) is 24.7 Å². The summed E-state index contributed by atoms with van der Waals surface area (Å²) in [5, 5.41) is 11.1. The fourth-order valence-corrected chi connectivity index (χ4v) is 3.43. The predicted octanol–water partition coefficient (Wildman–Crippen LogP) is 1.62. The molecule has 0 unspecified atom stereocenters. The number of anilines is 1. The van der Waals surface area contributed by atoms with Crippen molar-refractivity contribution in [1.29, 1.82) is 0 Å². The van der Waals surface area contributed by atoms with E-state index in [4.69, 9.17) is 4.84 Å². The summed E-state index contributed by atoms with van der Waals surface area (Å²) in [7, 11) is 0. The van der Waals surface area contributed by atoms with E-state index in [9.17, 15) is 19.5 Å². The van der Waals surface area contributed by atoms with Crippen LogP contribution in [0.4, 0.5) is 5.69 Å². The molecule has 2 saturated heterocycles. The number of carbonyl (C=O) groups is 3. The first-order chi connectivity index (χ1) is 15.5. The van der Waals surface area contributed by atoms with Gasteiger partial charge in [-0.2, -0.15) is 0 Å². The van der Waals surface area contributed by atoms with Crippen molar-refractivity contribution in [2.75, 3.05) is 18.1 Å². The van der Waals surface area contributed by atoms with Gasteiger partial charge in [0.2, 0.25) is 0 Å². The van der Waals surface area contributed by atoms with Crippen LogP contribution in [-0.2, 0) is 14.4 Å². The van der Waals surface area contributed by atoms with Crippen LogP contribution in [0.3, 0.4) is 0 Å². The second kappa shape index (κ2) is 9.54. The first-order valence-electron chi connectivity index (χ1n) is 10.2. The van der Waals surface area contributed by atoms with Gasteiger partial charge in [-0.15, -0.1) is 0 Å². The van der Waals surface area contributed by atoms with Crippen LogP contribution in [0.2, 0.25) is 0 Å². The van der Waals surface area contributed by atoms with Crippen LogP contribution >= 0.6 is 0 Å². The highest BCUT2D eigenvalue weighted by Gasteiger charge is 2.32. The van der Waals surface area contributed by atoms with Gasteiger partial charge in [0.25, 0.3) is 11.8 Å². The van der Waals surface area contributed by atoms with E-state index in [0.717, 1.165) is 0 Å². The normalized spacial score (nSPS) is 18.7. The van der Waals surface area contributed by atoms with Crippen LogP contribution in [-0.4, -0.2) is 52.7 Å². The van der Waals surface area contributed by atoms with Gasteiger partial charge in [0.05, 0.1) is 11.8 Å². The molecule has 0 bridgehead atoms. The Bertz CT molecular complexity index is 1060. The number of carbonyl (C=O) groups excluding carboxylic acids is 3. The predicted molar refractivity (Wildman–Crippen MR) is 116 cm³/mol. The lowest BCUT2D eigenvalue weighted by Crippen LogP contribution is -2.43. The first kappa shape index (κ1) is 21.4. The Hall–Kier alpha value is -3.82. The number of hydrazine groups is 1. The van der Waals surface area contributed by atoms with Gasteiger partial charge in [0.15, 0.2) is 5.70 Å². The highest BCUT2D eigenvalue weighted by molar-refractivity contribution is 6.45. The largest absolute Gasteiger partial charge is 0.393 e. The molecule has 9 heteroatoms. The minimum Gasteiger partial charge on any atom is -0.393 e. The highest BCUT2D eigenvalue weighted by Crippen LogP contribution is 2.22. The van der Waals surface area contributed by atoms with Crippen molar-refractivity contribution >= 4 is 29.2 Å². The van der Waals surface area contributed by atoms with Crippen molar-refractivity contribution in [2.45, 2.75) is 18.9 Å². The summed E-state index contributed by atoms with van der Waals surface area (Å²) in [6, 6.07) is 17.3. The molecule has 2 N–H and O–H groups in total. The lowest BCUT2D eigenvalue weighted by molar-refractivity contribution is -0.140. The van der Waals surface area contributed by atoms with Crippen molar-refractivity contribution in [2.24, 2.45) is 4.99 Å². The SMILES string of the molecule is O=C1ONN(c2ccccc2)/C1=C/C(=NC(=O)c1ccccc1)C(=O)N1CCC(O)CC1. The van der Waals surface area contributed by atoms with Crippen LogP contribution in [0.1, 0.15) is 23.2 Å². The van der Waals surface area contributed by atoms with E-state index in [1.165, 1.54) is 16.0 Å². The molecule has 2 amide bonds. The number of rotatable bonds is 4. The number of aliphatic hydroxyl groups excluding tert-OH is 1. The molecular weight excluding hydrogens is 412 g/mol. The molecule has 164 valence electrons.